The number of ether oxygens (including phenoxy) is 2. The minimum atomic E-state index is -0.232. The van der Waals surface area contributed by atoms with Gasteiger partial charge in [-0.1, -0.05) is 26.0 Å². The molecule has 1 unspecified atom stereocenters. The van der Waals surface area contributed by atoms with Crippen molar-refractivity contribution in [2.45, 2.75) is 70.5 Å². The summed E-state index contributed by atoms with van der Waals surface area (Å²) in [4.78, 5) is 7.23. The van der Waals surface area contributed by atoms with Gasteiger partial charge in [0.1, 0.15) is 5.82 Å². The topological polar surface area (TPSA) is 46.1 Å². The van der Waals surface area contributed by atoms with Crippen molar-refractivity contribution >= 4 is 5.96 Å². The van der Waals surface area contributed by atoms with Gasteiger partial charge in [-0.3, -0.25) is 4.99 Å². The van der Waals surface area contributed by atoms with Gasteiger partial charge in [0.15, 0.2) is 5.96 Å². The van der Waals surface area contributed by atoms with Crippen LogP contribution < -0.4 is 5.32 Å². The molecule has 2 saturated heterocycles. The van der Waals surface area contributed by atoms with Gasteiger partial charge < -0.3 is 19.7 Å². The van der Waals surface area contributed by atoms with Crippen molar-refractivity contribution in [2.75, 3.05) is 39.4 Å². The van der Waals surface area contributed by atoms with Gasteiger partial charge >= 0.3 is 0 Å². The van der Waals surface area contributed by atoms with Crippen molar-refractivity contribution in [2.24, 2.45) is 4.99 Å². The third-order valence-electron chi connectivity index (χ3n) is 6.10. The minimum Gasteiger partial charge on any atom is -0.376 e. The van der Waals surface area contributed by atoms with Crippen LogP contribution in [-0.2, 0) is 14.9 Å². The van der Waals surface area contributed by atoms with Gasteiger partial charge in [0.05, 0.1) is 25.4 Å². The number of halogens is 1. The lowest BCUT2D eigenvalue weighted by Crippen LogP contribution is -2.47. The zero-order chi connectivity index (χ0) is 21.4. The van der Waals surface area contributed by atoms with Crippen LogP contribution in [0, 0.1) is 5.82 Å². The Morgan fingerprint density at radius 2 is 2.07 bits per heavy atom. The molecular weight excluding hydrogens is 381 g/mol. The van der Waals surface area contributed by atoms with Crippen LogP contribution in [0.5, 0.6) is 0 Å². The van der Waals surface area contributed by atoms with Crippen molar-refractivity contribution in [3.8, 4) is 0 Å². The average molecular weight is 420 g/mol. The van der Waals surface area contributed by atoms with E-state index in [2.05, 4.69) is 31.0 Å². The van der Waals surface area contributed by atoms with E-state index in [0.29, 0.717) is 12.6 Å². The molecule has 1 N–H and O–H groups in total. The lowest BCUT2D eigenvalue weighted by molar-refractivity contribution is -0.0721. The maximum atomic E-state index is 13.7. The second-order valence-electron chi connectivity index (χ2n) is 9.07. The minimum absolute atomic E-state index is 0.197. The Kier molecular flexibility index (Phi) is 8.51. The Balaban J connectivity index is 1.52. The predicted molar refractivity (Wildman–Crippen MR) is 120 cm³/mol. The molecular formula is C24H38FN3O2. The molecule has 0 aromatic heterocycles. The van der Waals surface area contributed by atoms with Crippen LogP contribution in [0.1, 0.15) is 58.4 Å². The van der Waals surface area contributed by atoms with Gasteiger partial charge in [0.25, 0.3) is 0 Å². The van der Waals surface area contributed by atoms with Gasteiger partial charge in [-0.2, -0.15) is 0 Å². The molecule has 1 aromatic carbocycles. The molecule has 0 aliphatic carbocycles. The fraction of sp³-hybridized carbons (Fsp3) is 0.708. The first-order valence-electron chi connectivity index (χ1n) is 11.5. The maximum absolute atomic E-state index is 13.7. The average Bonchev–Trinajstić information content (AvgIpc) is 2.76. The molecule has 30 heavy (non-hydrogen) atoms. The van der Waals surface area contributed by atoms with E-state index in [4.69, 9.17) is 14.5 Å². The van der Waals surface area contributed by atoms with E-state index in [-0.39, 0.29) is 17.3 Å². The van der Waals surface area contributed by atoms with Crippen LogP contribution in [0.4, 0.5) is 4.39 Å². The summed E-state index contributed by atoms with van der Waals surface area (Å²) < 4.78 is 25.6. The lowest BCUT2D eigenvalue weighted by atomic mass is 9.85. The predicted octanol–water partition coefficient (Wildman–Crippen LogP) is 4.12. The highest BCUT2D eigenvalue weighted by atomic mass is 19.1. The molecule has 1 atom stereocenters. The number of guanidine groups is 1. The van der Waals surface area contributed by atoms with E-state index in [1.165, 1.54) is 18.9 Å². The molecule has 2 fully saturated rings. The number of benzene rings is 1. The fourth-order valence-electron chi connectivity index (χ4n) is 4.12. The second-order valence-corrected chi connectivity index (χ2v) is 9.07. The monoisotopic (exact) mass is 419 g/mol. The quantitative estimate of drug-likeness (QED) is 0.533. The molecule has 6 heteroatoms. The van der Waals surface area contributed by atoms with Gasteiger partial charge in [-0.05, 0) is 56.7 Å². The molecule has 0 radical (unpaired) electrons. The van der Waals surface area contributed by atoms with Crippen LogP contribution in [0.15, 0.2) is 29.3 Å². The standard InChI is InChI=1S/C24H38FN3O2/c1-4-26-23(27-18-24(2,3)19-8-7-9-20(25)16-19)28-13-11-21(12-14-28)30-17-22-10-5-6-15-29-22/h7-9,16,21-22H,4-6,10-15,17-18H2,1-3H3,(H,26,27). The Labute approximate surface area is 181 Å². The Morgan fingerprint density at radius 1 is 1.27 bits per heavy atom. The molecule has 1 aromatic rings. The molecule has 5 nitrogen and oxygen atoms in total. The molecule has 2 heterocycles. The van der Waals surface area contributed by atoms with Crippen molar-refractivity contribution in [3.05, 3.63) is 35.6 Å². The SMILES string of the molecule is CCNC(=NCC(C)(C)c1cccc(F)c1)N1CCC(OCC2CCCCO2)CC1. The normalized spacial score (nSPS) is 21.7. The van der Waals surface area contributed by atoms with Crippen molar-refractivity contribution in [3.63, 3.8) is 0 Å². The largest absolute Gasteiger partial charge is 0.376 e. The first-order chi connectivity index (χ1) is 14.5. The lowest BCUT2D eigenvalue weighted by Gasteiger charge is -2.35. The van der Waals surface area contributed by atoms with Crippen LogP contribution in [0.25, 0.3) is 0 Å². The number of hydrogen-bond donors (Lipinski definition) is 1. The summed E-state index contributed by atoms with van der Waals surface area (Å²) in [5.74, 6) is 0.744. The highest BCUT2D eigenvalue weighted by Crippen LogP contribution is 2.24. The van der Waals surface area contributed by atoms with E-state index in [1.54, 1.807) is 12.1 Å². The fourth-order valence-corrected chi connectivity index (χ4v) is 4.12. The van der Waals surface area contributed by atoms with Gasteiger partial charge in [0.2, 0.25) is 0 Å². The summed E-state index contributed by atoms with van der Waals surface area (Å²) in [6, 6.07) is 6.84. The van der Waals surface area contributed by atoms with Crippen molar-refractivity contribution < 1.29 is 13.9 Å². The van der Waals surface area contributed by atoms with Gasteiger partial charge in [0, 0.05) is 31.7 Å². The number of piperidine rings is 1. The van der Waals surface area contributed by atoms with Crippen LogP contribution >= 0.6 is 0 Å². The number of nitrogens with one attached hydrogen (secondary N) is 1. The Bertz CT molecular complexity index is 681. The molecule has 0 bridgehead atoms. The van der Waals surface area contributed by atoms with Gasteiger partial charge in [-0.25, -0.2) is 4.39 Å². The maximum Gasteiger partial charge on any atom is 0.193 e. The third-order valence-corrected chi connectivity index (χ3v) is 6.10. The highest BCUT2D eigenvalue weighted by Gasteiger charge is 2.25. The summed E-state index contributed by atoms with van der Waals surface area (Å²) in [6.07, 6.45) is 6.14. The van der Waals surface area contributed by atoms with E-state index >= 15 is 0 Å². The van der Waals surface area contributed by atoms with E-state index in [0.717, 1.165) is 63.6 Å². The van der Waals surface area contributed by atoms with Crippen LogP contribution in [-0.4, -0.2) is 62.5 Å². The molecule has 2 aliphatic rings. The molecule has 3 rings (SSSR count). The van der Waals surface area contributed by atoms with Crippen LogP contribution in [0.2, 0.25) is 0 Å². The second kappa shape index (κ2) is 11.1. The molecule has 168 valence electrons. The number of aliphatic imine (C=N–C) groups is 1. The van der Waals surface area contributed by atoms with Crippen LogP contribution in [0.3, 0.4) is 0 Å². The summed E-state index contributed by atoms with van der Waals surface area (Å²) in [7, 11) is 0. The van der Waals surface area contributed by atoms with E-state index in [1.807, 2.05) is 6.07 Å². The van der Waals surface area contributed by atoms with Gasteiger partial charge in [-0.15, -0.1) is 0 Å². The van der Waals surface area contributed by atoms with E-state index < -0.39 is 0 Å². The molecule has 0 saturated carbocycles. The summed E-state index contributed by atoms with van der Waals surface area (Å²) in [6.45, 7) is 11.2. The van der Waals surface area contributed by atoms with Crippen molar-refractivity contribution in [1.82, 2.24) is 10.2 Å². The number of rotatable bonds is 7. The Hall–Kier alpha value is -1.66. The van der Waals surface area contributed by atoms with Crippen molar-refractivity contribution in [1.29, 1.82) is 0 Å². The molecule has 0 amide bonds. The Morgan fingerprint density at radius 3 is 2.73 bits per heavy atom. The summed E-state index contributed by atoms with van der Waals surface area (Å²) in [5.41, 5.74) is 0.739. The van der Waals surface area contributed by atoms with E-state index in [9.17, 15) is 4.39 Å². The summed E-state index contributed by atoms with van der Waals surface area (Å²) in [5, 5.41) is 3.43. The highest BCUT2D eigenvalue weighted by molar-refractivity contribution is 5.80. The number of likely N-dealkylation sites (tertiary alicyclic amines) is 1. The molecule has 0 spiro atoms. The zero-order valence-corrected chi connectivity index (χ0v) is 18.8. The third kappa shape index (κ3) is 6.67. The summed E-state index contributed by atoms with van der Waals surface area (Å²) >= 11 is 0. The number of nitrogens with zero attached hydrogens (tertiary/aromatic N) is 2. The zero-order valence-electron chi connectivity index (χ0n) is 18.8. The smallest absolute Gasteiger partial charge is 0.193 e. The number of hydrogen-bond acceptors (Lipinski definition) is 3. The molecule has 2 aliphatic heterocycles. The first-order valence-corrected chi connectivity index (χ1v) is 11.5. The first kappa shape index (κ1) is 23.0.